The maximum absolute atomic E-state index is 14.2. The third-order valence-corrected chi connectivity index (χ3v) is 9.22. The second kappa shape index (κ2) is 13.9. The van der Waals surface area contributed by atoms with Gasteiger partial charge in [0.1, 0.15) is 12.6 Å². The highest BCUT2D eigenvalue weighted by Crippen LogP contribution is 2.29. The summed E-state index contributed by atoms with van der Waals surface area (Å²) in [5, 5.41) is 4.11. The molecule has 4 rings (SSSR count). The first-order chi connectivity index (χ1) is 19.5. The number of sulfonamides is 1. The van der Waals surface area contributed by atoms with E-state index in [0.29, 0.717) is 20.6 Å². The fraction of sp³-hybridized carbons (Fsp3) is 0.333. The molecule has 1 atom stereocenters. The summed E-state index contributed by atoms with van der Waals surface area (Å²) in [7, 11) is -3.90. The number of nitrogens with one attached hydrogen (secondary N) is 1. The van der Waals surface area contributed by atoms with E-state index >= 15 is 0 Å². The van der Waals surface area contributed by atoms with Crippen molar-refractivity contribution in [2.45, 2.75) is 50.7 Å². The molecule has 1 fully saturated rings. The monoisotopic (exact) mass is 635 g/mol. The van der Waals surface area contributed by atoms with Crippen LogP contribution in [-0.2, 0) is 32.6 Å². The standard InChI is InChI=1S/C30H32Cl3N3O4S/c1-41(39,40)36(24-14-7-11-22(31)18-24)20-29(37)35(19-25-26(32)15-8-16-27(25)33)28(17-21-9-3-2-4-10-21)30(38)34-23-12-5-6-13-23/h2-4,7-11,14-16,18,23,28H,5-6,12-13,17,19-20H2,1H3,(H,34,38). The van der Waals surface area contributed by atoms with Crippen LogP contribution in [0.2, 0.25) is 15.1 Å². The molecule has 3 aromatic rings. The van der Waals surface area contributed by atoms with Gasteiger partial charge in [-0.1, -0.05) is 90.1 Å². The Morgan fingerprint density at radius 1 is 0.927 bits per heavy atom. The molecule has 0 bridgehead atoms. The quantitative estimate of drug-likeness (QED) is 0.275. The Hall–Kier alpha value is -2.78. The first-order valence-electron chi connectivity index (χ1n) is 13.3. The van der Waals surface area contributed by atoms with Crippen LogP contribution in [0.4, 0.5) is 5.69 Å². The molecule has 1 aliphatic rings. The molecule has 2 amide bonds. The van der Waals surface area contributed by atoms with Crippen molar-refractivity contribution in [2.24, 2.45) is 0 Å². The van der Waals surface area contributed by atoms with E-state index in [-0.39, 0.29) is 30.6 Å². The fourth-order valence-corrected chi connectivity index (χ4v) is 6.56. The van der Waals surface area contributed by atoms with E-state index in [1.807, 2.05) is 30.3 Å². The van der Waals surface area contributed by atoms with Crippen molar-refractivity contribution in [1.82, 2.24) is 10.2 Å². The predicted octanol–water partition coefficient (Wildman–Crippen LogP) is 6.11. The molecule has 11 heteroatoms. The highest BCUT2D eigenvalue weighted by Gasteiger charge is 2.35. The van der Waals surface area contributed by atoms with Gasteiger partial charge >= 0.3 is 0 Å². The minimum atomic E-state index is -3.90. The topological polar surface area (TPSA) is 86.8 Å². The predicted molar refractivity (Wildman–Crippen MR) is 165 cm³/mol. The molecule has 1 aliphatic carbocycles. The number of anilines is 1. The smallest absolute Gasteiger partial charge is 0.244 e. The lowest BCUT2D eigenvalue weighted by Crippen LogP contribution is -2.54. The van der Waals surface area contributed by atoms with Gasteiger partial charge in [0.25, 0.3) is 0 Å². The van der Waals surface area contributed by atoms with Gasteiger partial charge in [0, 0.05) is 39.6 Å². The summed E-state index contributed by atoms with van der Waals surface area (Å²) < 4.78 is 26.7. The lowest BCUT2D eigenvalue weighted by atomic mass is 10.0. The molecule has 0 saturated heterocycles. The first-order valence-corrected chi connectivity index (χ1v) is 16.3. The van der Waals surface area contributed by atoms with Crippen molar-refractivity contribution in [1.29, 1.82) is 0 Å². The largest absolute Gasteiger partial charge is 0.352 e. The highest BCUT2D eigenvalue weighted by molar-refractivity contribution is 7.92. The molecule has 0 aromatic heterocycles. The molecular weight excluding hydrogens is 605 g/mol. The van der Waals surface area contributed by atoms with E-state index in [2.05, 4.69) is 5.32 Å². The summed E-state index contributed by atoms with van der Waals surface area (Å²) in [6.07, 6.45) is 5.01. The number of amides is 2. The second-order valence-corrected chi connectivity index (χ2v) is 13.3. The van der Waals surface area contributed by atoms with Crippen molar-refractivity contribution in [3.63, 3.8) is 0 Å². The molecule has 1 saturated carbocycles. The van der Waals surface area contributed by atoms with Crippen molar-refractivity contribution in [2.75, 3.05) is 17.1 Å². The average molecular weight is 637 g/mol. The average Bonchev–Trinajstić information content (AvgIpc) is 3.43. The van der Waals surface area contributed by atoms with Crippen molar-refractivity contribution >= 4 is 62.3 Å². The third-order valence-electron chi connectivity index (χ3n) is 7.14. The van der Waals surface area contributed by atoms with Gasteiger partial charge in [0.05, 0.1) is 11.9 Å². The molecule has 7 nitrogen and oxygen atoms in total. The summed E-state index contributed by atoms with van der Waals surface area (Å²) in [6, 6.07) is 19.7. The number of nitrogens with zero attached hydrogens (tertiary/aromatic N) is 2. The molecule has 0 radical (unpaired) electrons. The van der Waals surface area contributed by atoms with E-state index in [0.717, 1.165) is 41.8 Å². The number of rotatable bonds is 11. The van der Waals surface area contributed by atoms with Crippen molar-refractivity contribution < 1.29 is 18.0 Å². The Kier molecular flexibility index (Phi) is 10.6. The van der Waals surface area contributed by atoms with Crippen LogP contribution < -0.4 is 9.62 Å². The van der Waals surface area contributed by atoms with Crippen LogP contribution in [0.1, 0.15) is 36.8 Å². The van der Waals surface area contributed by atoms with Crippen molar-refractivity contribution in [3.05, 3.63) is 99.0 Å². The van der Waals surface area contributed by atoms with Gasteiger partial charge in [-0.15, -0.1) is 0 Å². The Balaban J connectivity index is 1.76. The maximum atomic E-state index is 14.2. The van der Waals surface area contributed by atoms with Crippen LogP contribution in [0, 0.1) is 0 Å². The van der Waals surface area contributed by atoms with Gasteiger partial charge in [-0.3, -0.25) is 13.9 Å². The van der Waals surface area contributed by atoms with Crippen LogP contribution in [0.25, 0.3) is 0 Å². The van der Waals surface area contributed by atoms with Gasteiger partial charge in [0.2, 0.25) is 21.8 Å². The number of halogens is 3. The summed E-state index contributed by atoms with van der Waals surface area (Å²) in [4.78, 5) is 29.4. The lowest BCUT2D eigenvalue weighted by Gasteiger charge is -2.34. The number of benzene rings is 3. The minimum Gasteiger partial charge on any atom is -0.352 e. The molecule has 1 unspecified atom stereocenters. The molecule has 0 heterocycles. The molecule has 0 spiro atoms. The van der Waals surface area contributed by atoms with Gasteiger partial charge in [0.15, 0.2) is 0 Å². The molecule has 3 aromatic carbocycles. The van der Waals surface area contributed by atoms with Crippen LogP contribution in [0.5, 0.6) is 0 Å². The van der Waals surface area contributed by atoms with Gasteiger partial charge in [-0.25, -0.2) is 8.42 Å². The Morgan fingerprint density at radius 2 is 1.56 bits per heavy atom. The molecule has 0 aliphatic heterocycles. The molecular formula is C30H32Cl3N3O4S. The number of hydrogen-bond acceptors (Lipinski definition) is 4. The number of carbonyl (C=O) groups excluding carboxylic acids is 2. The van der Waals surface area contributed by atoms with E-state index in [9.17, 15) is 18.0 Å². The summed E-state index contributed by atoms with van der Waals surface area (Å²) in [5.74, 6) is -0.903. The van der Waals surface area contributed by atoms with E-state index in [1.54, 1.807) is 36.4 Å². The normalized spacial score (nSPS) is 14.4. The van der Waals surface area contributed by atoms with Crippen LogP contribution >= 0.6 is 34.8 Å². The van der Waals surface area contributed by atoms with Gasteiger partial charge in [-0.05, 0) is 48.7 Å². The van der Waals surface area contributed by atoms with Crippen LogP contribution in [0.15, 0.2) is 72.8 Å². The Bertz CT molecular complexity index is 1460. The van der Waals surface area contributed by atoms with Crippen molar-refractivity contribution in [3.8, 4) is 0 Å². The zero-order valence-electron chi connectivity index (χ0n) is 22.6. The van der Waals surface area contributed by atoms with E-state index in [1.165, 1.54) is 11.0 Å². The molecule has 41 heavy (non-hydrogen) atoms. The number of hydrogen-bond donors (Lipinski definition) is 1. The van der Waals surface area contributed by atoms with E-state index in [4.69, 9.17) is 34.8 Å². The zero-order chi connectivity index (χ0) is 29.6. The van der Waals surface area contributed by atoms with Crippen LogP contribution in [0.3, 0.4) is 0 Å². The zero-order valence-corrected chi connectivity index (χ0v) is 25.7. The summed E-state index contributed by atoms with van der Waals surface area (Å²) >= 11 is 19.2. The molecule has 1 N–H and O–H groups in total. The second-order valence-electron chi connectivity index (χ2n) is 10.2. The number of carbonyl (C=O) groups is 2. The fourth-order valence-electron chi connectivity index (χ4n) is 5.02. The molecule has 218 valence electrons. The first kappa shape index (κ1) is 31.2. The maximum Gasteiger partial charge on any atom is 0.244 e. The third kappa shape index (κ3) is 8.38. The summed E-state index contributed by atoms with van der Waals surface area (Å²) in [5.41, 5.74) is 1.54. The Morgan fingerprint density at radius 3 is 2.17 bits per heavy atom. The van der Waals surface area contributed by atoms with Gasteiger partial charge < -0.3 is 10.2 Å². The van der Waals surface area contributed by atoms with Crippen LogP contribution in [-0.4, -0.2) is 50.0 Å². The lowest BCUT2D eigenvalue weighted by molar-refractivity contribution is -0.140. The van der Waals surface area contributed by atoms with E-state index < -0.39 is 28.5 Å². The van der Waals surface area contributed by atoms with Gasteiger partial charge in [-0.2, -0.15) is 0 Å². The highest BCUT2D eigenvalue weighted by atomic mass is 35.5. The SMILES string of the molecule is CS(=O)(=O)N(CC(=O)N(Cc1c(Cl)cccc1Cl)C(Cc1ccccc1)C(=O)NC1CCCC1)c1cccc(Cl)c1. The summed E-state index contributed by atoms with van der Waals surface area (Å²) in [6.45, 7) is -0.649. The minimum absolute atomic E-state index is 0.0144. The Labute approximate surface area is 256 Å².